The van der Waals surface area contributed by atoms with Crippen molar-refractivity contribution in [1.29, 1.82) is 0 Å². The number of aryl methyl sites for hydroxylation is 1. The highest BCUT2D eigenvalue weighted by atomic mass is 19.4. The van der Waals surface area contributed by atoms with Crippen LogP contribution in [0.15, 0.2) is 12.1 Å². The first-order chi connectivity index (χ1) is 9.76. The van der Waals surface area contributed by atoms with Crippen molar-refractivity contribution in [2.24, 2.45) is 5.84 Å². The van der Waals surface area contributed by atoms with Gasteiger partial charge in [0.05, 0.1) is 6.42 Å². The van der Waals surface area contributed by atoms with E-state index >= 15 is 0 Å². The van der Waals surface area contributed by atoms with Crippen LogP contribution in [0.1, 0.15) is 35.8 Å². The summed E-state index contributed by atoms with van der Waals surface area (Å²) in [7, 11) is 1.34. The lowest BCUT2D eigenvalue weighted by molar-refractivity contribution is -0.136. The number of pyridine rings is 1. The molecular formula is C13H19F3N4O. The third-order valence-corrected chi connectivity index (χ3v) is 2.86. The molecule has 1 rings (SSSR count). The molecule has 0 fully saturated rings. The van der Waals surface area contributed by atoms with Crippen LogP contribution in [-0.4, -0.2) is 35.6 Å². The van der Waals surface area contributed by atoms with E-state index in [1.165, 1.54) is 13.1 Å². The van der Waals surface area contributed by atoms with E-state index in [1.807, 2.05) is 6.92 Å². The van der Waals surface area contributed by atoms with Gasteiger partial charge in [-0.15, -0.1) is 0 Å². The van der Waals surface area contributed by atoms with Crippen molar-refractivity contribution in [3.63, 3.8) is 0 Å². The molecule has 0 saturated heterocycles. The maximum absolute atomic E-state index is 12.2. The van der Waals surface area contributed by atoms with Crippen molar-refractivity contribution >= 4 is 11.7 Å². The molecule has 3 N–H and O–H groups in total. The van der Waals surface area contributed by atoms with Gasteiger partial charge in [-0.05, 0) is 18.6 Å². The highest BCUT2D eigenvalue weighted by Gasteiger charge is 2.28. The Morgan fingerprint density at radius 1 is 1.43 bits per heavy atom. The van der Waals surface area contributed by atoms with Gasteiger partial charge in [0.1, 0.15) is 5.82 Å². The van der Waals surface area contributed by atoms with Crippen LogP contribution < -0.4 is 11.3 Å². The standard InChI is InChI=1S/C13H19F3N4O/c1-3-4-10-7-9(8-11(18-10)19-17)12(21)20(2)6-5-13(14,15)16/h7-8H,3-6,17H2,1-2H3,(H,18,19). The van der Waals surface area contributed by atoms with E-state index < -0.39 is 18.5 Å². The lowest BCUT2D eigenvalue weighted by Crippen LogP contribution is -2.30. The third-order valence-electron chi connectivity index (χ3n) is 2.86. The summed E-state index contributed by atoms with van der Waals surface area (Å²) in [5, 5.41) is 0. The number of hydrogen-bond donors (Lipinski definition) is 2. The van der Waals surface area contributed by atoms with E-state index in [0.717, 1.165) is 11.3 Å². The second-order valence-electron chi connectivity index (χ2n) is 4.72. The van der Waals surface area contributed by atoms with E-state index in [-0.39, 0.29) is 12.1 Å². The van der Waals surface area contributed by atoms with Gasteiger partial charge in [-0.2, -0.15) is 13.2 Å². The van der Waals surface area contributed by atoms with Crippen molar-refractivity contribution in [1.82, 2.24) is 9.88 Å². The minimum atomic E-state index is -4.29. The number of hydrogen-bond acceptors (Lipinski definition) is 4. The van der Waals surface area contributed by atoms with Crippen molar-refractivity contribution in [2.75, 3.05) is 19.0 Å². The van der Waals surface area contributed by atoms with Crippen LogP contribution in [0, 0.1) is 0 Å². The number of carbonyl (C=O) groups excluding carboxylic acids is 1. The van der Waals surface area contributed by atoms with Crippen LogP contribution in [-0.2, 0) is 6.42 Å². The average molecular weight is 304 g/mol. The Hall–Kier alpha value is -1.83. The molecular weight excluding hydrogens is 285 g/mol. The fourth-order valence-corrected chi connectivity index (χ4v) is 1.79. The van der Waals surface area contributed by atoms with E-state index in [9.17, 15) is 18.0 Å². The molecule has 0 unspecified atom stereocenters. The van der Waals surface area contributed by atoms with Crippen LogP contribution in [0.3, 0.4) is 0 Å². The van der Waals surface area contributed by atoms with Gasteiger partial charge in [-0.1, -0.05) is 13.3 Å². The second-order valence-corrected chi connectivity index (χ2v) is 4.72. The summed E-state index contributed by atoms with van der Waals surface area (Å²) < 4.78 is 36.6. The smallest absolute Gasteiger partial charge is 0.341 e. The predicted molar refractivity (Wildman–Crippen MR) is 73.7 cm³/mol. The lowest BCUT2D eigenvalue weighted by Gasteiger charge is -2.19. The molecule has 1 amide bonds. The predicted octanol–water partition coefficient (Wildman–Crippen LogP) is 2.34. The molecule has 0 atom stereocenters. The summed E-state index contributed by atoms with van der Waals surface area (Å²) in [5.41, 5.74) is 3.29. The molecule has 0 bridgehead atoms. The van der Waals surface area contributed by atoms with E-state index in [2.05, 4.69) is 10.4 Å². The van der Waals surface area contributed by atoms with Gasteiger partial charge in [0, 0.05) is 24.8 Å². The quantitative estimate of drug-likeness (QED) is 0.625. The Kier molecular flexibility index (Phi) is 5.95. The molecule has 0 spiro atoms. The summed E-state index contributed by atoms with van der Waals surface area (Å²) in [6.07, 6.45) is -3.84. The van der Waals surface area contributed by atoms with Gasteiger partial charge in [0.25, 0.3) is 5.91 Å². The minimum Gasteiger partial charge on any atom is -0.341 e. The minimum absolute atomic E-state index is 0.270. The molecule has 0 aliphatic rings. The first-order valence-electron chi connectivity index (χ1n) is 6.56. The monoisotopic (exact) mass is 304 g/mol. The SMILES string of the molecule is CCCc1cc(C(=O)N(C)CCC(F)(F)F)cc(NN)n1. The summed E-state index contributed by atoms with van der Waals surface area (Å²) in [4.78, 5) is 17.4. The summed E-state index contributed by atoms with van der Waals surface area (Å²) in [5.74, 6) is 5.11. The van der Waals surface area contributed by atoms with Crippen LogP contribution in [0.2, 0.25) is 0 Å². The maximum atomic E-state index is 12.2. The fourth-order valence-electron chi connectivity index (χ4n) is 1.79. The second kappa shape index (κ2) is 7.26. The van der Waals surface area contributed by atoms with Gasteiger partial charge in [-0.3, -0.25) is 4.79 Å². The number of amides is 1. The Bertz CT molecular complexity index is 491. The van der Waals surface area contributed by atoms with Gasteiger partial charge < -0.3 is 10.3 Å². The molecule has 1 aromatic rings. The van der Waals surface area contributed by atoms with Gasteiger partial charge in [-0.25, -0.2) is 10.8 Å². The number of nitrogen functional groups attached to an aromatic ring is 1. The Morgan fingerprint density at radius 3 is 2.62 bits per heavy atom. The lowest BCUT2D eigenvalue weighted by atomic mass is 10.1. The largest absolute Gasteiger partial charge is 0.390 e. The molecule has 118 valence electrons. The van der Waals surface area contributed by atoms with Gasteiger partial charge >= 0.3 is 6.18 Å². The number of nitrogens with zero attached hydrogens (tertiary/aromatic N) is 2. The molecule has 1 aromatic heterocycles. The maximum Gasteiger partial charge on any atom is 0.390 e. The summed E-state index contributed by atoms with van der Waals surface area (Å²) in [6.45, 7) is 1.57. The zero-order valence-corrected chi connectivity index (χ0v) is 12.0. The number of nitrogens with two attached hydrogens (primary N) is 1. The summed E-state index contributed by atoms with van der Waals surface area (Å²) in [6, 6.07) is 3.00. The number of rotatable bonds is 6. The molecule has 5 nitrogen and oxygen atoms in total. The van der Waals surface area contributed by atoms with E-state index in [1.54, 1.807) is 6.07 Å². The number of carbonyl (C=O) groups is 1. The van der Waals surface area contributed by atoms with Crippen molar-refractivity contribution < 1.29 is 18.0 Å². The third kappa shape index (κ3) is 5.58. The molecule has 21 heavy (non-hydrogen) atoms. The number of nitrogens with one attached hydrogen (secondary N) is 1. The number of hydrazine groups is 1. The number of aromatic nitrogens is 1. The first kappa shape index (κ1) is 17.2. The molecule has 0 saturated carbocycles. The van der Waals surface area contributed by atoms with Crippen molar-refractivity contribution in [3.8, 4) is 0 Å². The van der Waals surface area contributed by atoms with Crippen molar-refractivity contribution in [3.05, 3.63) is 23.4 Å². The van der Waals surface area contributed by atoms with E-state index in [4.69, 9.17) is 5.84 Å². The zero-order valence-electron chi connectivity index (χ0n) is 12.0. The molecule has 0 aliphatic carbocycles. The Morgan fingerprint density at radius 2 is 2.10 bits per heavy atom. The molecule has 0 aromatic carbocycles. The van der Waals surface area contributed by atoms with Crippen LogP contribution in [0.4, 0.5) is 19.0 Å². The van der Waals surface area contributed by atoms with Gasteiger partial charge in [0.2, 0.25) is 0 Å². The van der Waals surface area contributed by atoms with Gasteiger partial charge in [0.15, 0.2) is 0 Å². The summed E-state index contributed by atoms with van der Waals surface area (Å²) >= 11 is 0. The van der Waals surface area contributed by atoms with E-state index in [0.29, 0.717) is 17.9 Å². The normalized spacial score (nSPS) is 11.3. The fraction of sp³-hybridized carbons (Fsp3) is 0.538. The molecule has 8 heteroatoms. The molecule has 0 radical (unpaired) electrons. The zero-order chi connectivity index (χ0) is 16.0. The average Bonchev–Trinajstić information content (AvgIpc) is 2.43. The van der Waals surface area contributed by atoms with Crippen LogP contribution in [0.5, 0.6) is 0 Å². The Balaban J connectivity index is 2.87. The molecule has 1 heterocycles. The highest BCUT2D eigenvalue weighted by Crippen LogP contribution is 2.20. The number of alkyl halides is 3. The van der Waals surface area contributed by atoms with Crippen molar-refractivity contribution in [2.45, 2.75) is 32.4 Å². The highest BCUT2D eigenvalue weighted by molar-refractivity contribution is 5.94. The Labute approximate surface area is 121 Å². The van der Waals surface area contributed by atoms with Crippen LogP contribution >= 0.6 is 0 Å². The number of anilines is 1. The van der Waals surface area contributed by atoms with Crippen LogP contribution in [0.25, 0.3) is 0 Å². The molecule has 0 aliphatic heterocycles. The number of halogens is 3. The topological polar surface area (TPSA) is 71.2 Å². The first-order valence-corrected chi connectivity index (χ1v) is 6.56.